The van der Waals surface area contributed by atoms with Gasteiger partial charge in [-0.1, -0.05) is 42.8 Å². The van der Waals surface area contributed by atoms with Gasteiger partial charge in [-0.05, 0) is 42.7 Å². The van der Waals surface area contributed by atoms with Crippen molar-refractivity contribution in [3.05, 3.63) is 54.1 Å². The quantitative estimate of drug-likeness (QED) is 0.781. The molecule has 1 atom stereocenters. The molecular formula is C17H19N3O. The number of fused-ring (bicyclic) bond motifs is 1. The van der Waals surface area contributed by atoms with Crippen molar-refractivity contribution >= 4 is 11.0 Å². The maximum Gasteiger partial charge on any atom is 0.113 e. The van der Waals surface area contributed by atoms with Crippen LogP contribution in [0.25, 0.3) is 16.7 Å². The van der Waals surface area contributed by atoms with Crippen LogP contribution in [0.4, 0.5) is 0 Å². The summed E-state index contributed by atoms with van der Waals surface area (Å²) in [6, 6.07) is 16.0. The Hall–Kier alpha value is -2.20. The Morgan fingerprint density at radius 3 is 2.86 bits per heavy atom. The summed E-state index contributed by atoms with van der Waals surface area (Å²) >= 11 is 0. The molecule has 0 aliphatic heterocycles. The maximum atomic E-state index is 9.96. The zero-order valence-corrected chi connectivity index (χ0v) is 12.1. The molecule has 0 radical (unpaired) electrons. The summed E-state index contributed by atoms with van der Waals surface area (Å²) in [6.45, 7) is 2.08. The summed E-state index contributed by atoms with van der Waals surface area (Å²) in [7, 11) is 0. The Kier molecular flexibility index (Phi) is 3.97. The first-order valence-corrected chi connectivity index (χ1v) is 7.35. The minimum absolute atomic E-state index is 0.280. The molecule has 2 aromatic carbocycles. The van der Waals surface area contributed by atoms with Crippen LogP contribution >= 0.6 is 0 Å². The lowest BCUT2D eigenvalue weighted by atomic mass is 10.0. The minimum Gasteiger partial charge on any atom is -0.393 e. The smallest absolute Gasteiger partial charge is 0.113 e. The van der Waals surface area contributed by atoms with Crippen LogP contribution in [0.1, 0.15) is 25.3 Å². The molecule has 0 saturated carbocycles. The average Bonchev–Trinajstić information content (AvgIpc) is 2.91. The highest BCUT2D eigenvalue weighted by Crippen LogP contribution is 2.18. The van der Waals surface area contributed by atoms with Crippen LogP contribution in [-0.2, 0) is 6.42 Å². The Labute approximate surface area is 124 Å². The van der Waals surface area contributed by atoms with Crippen LogP contribution in [0.3, 0.4) is 0 Å². The molecule has 0 fully saturated rings. The van der Waals surface area contributed by atoms with Crippen molar-refractivity contribution in [2.24, 2.45) is 0 Å². The van der Waals surface area contributed by atoms with Crippen LogP contribution in [0, 0.1) is 0 Å². The molecule has 4 nitrogen and oxygen atoms in total. The van der Waals surface area contributed by atoms with Crippen LogP contribution in [0.2, 0.25) is 0 Å². The fourth-order valence-corrected chi connectivity index (χ4v) is 2.58. The van der Waals surface area contributed by atoms with Gasteiger partial charge in [0.2, 0.25) is 0 Å². The van der Waals surface area contributed by atoms with Gasteiger partial charge in [0.15, 0.2) is 0 Å². The minimum atomic E-state index is -0.280. The van der Waals surface area contributed by atoms with E-state index in [0.29, 0.717) is 6.42 Å². The second kappa shape index (κ2) is 6.06. The number of hydrogen-bond donors (Lipinski definition) is 1. The number of nitrogens with zero attached hydrogens (tertiary/aromatic N) is 3. The zero-order valence-electron chi connectivity index (χ0n) is 12.1. The molecule has 4 heteroatoms. The highest BCUT2D eigenvalue weighted by Gasteiger charge is 2.08. The van der Waals surface area contributed by atoms with Gasteiger partial charge in [0, 0.05) is 0 Å². The van der Waals surface area contributed by atoms with Crippen LogP contribution in [-0.4, -0.2) is 26.2 Å². The van der Waals surface area contributed by atoms with Crippen molar-refractivity contribution in [2.45, 2.75) is 32.3 Å². The van der Waals surface area contributed by atoms with Crippen LogP contribution in [0.5, 0.6) is 0 Å². The highest BCUT2D eigenvalue weighted by atomic mass is 16.3. The van der Waals surface area contributed by atoms with Crippen molar-refractivity contribution in [1.82, 2.24) is 15.0 Å². The van der Waals surface area contributed by atoms with Crippen molar-refractivity contribution in [2.75, 3.05) is 0 Å². The topological polar surface area (TPSA) is 50.9 Å². The fraction of sp³-hybridized carbons (Fsp3) is 0.294. The Morgan fingerprint density at radius 1 is 1.14 bits per heavy atom. The summed E-state index contributed by atoms with van der Waals surface area (Å²) in [5.74, 6) is 0. The molecular weight excluding hydrogens is 262 g/mol. The van der Waals surface area contributed by atoms with Gasteiger partial charge < -0.3 is 5.11 Å². The van der Waals surface area contributed by atoms with Gasteiger partial charge in [-0.15, -0.1) is 5.10 Å². The van der Waals surface area contributed by atoms with E-state index in [1.165, 1.54) is 0 Å². The molecule has 0 bridgehead atoms. The first-order valence-electron chi connectivity index (χ1n) is 7.35. The zero-order chi connectivity index (χ0) is 14.7. The van der Waals surface area contributed by atoms with E-state index in [4.69, 9.17) is 0 Å². The molecule has 3 aromatic rings. The Bertz CT molecular complexity index is 735. The molecule has 21 heavy (non-hydrogen) atoms. The maximum absolute atomic E-state index is 9.96. The number of aliphatic hydroxyl groups is 1. The molecule has 108 valence electrons. The first kappa shape index (κ1) is 13.8. The van der Waals surface area contributed by atoms with Crippen molar-refractivity contribution in [1.29, 1.82) is 0 Å². The number of rotatable bonds is 5. The molecule has 0 aliphatic carbocycles. The van der Waals surface area contributed by atoms with Gasteiger partial charge in [0.1, 0.15) is 5.52 Å². The van der Waals surface area contributed by atoms with Gasteiger partial charge in [0.05, 0.1) is 17.3 Å². The van der Waals surface area contributed by atoms with Crippen molar-refractivity contribution < 1.29 is 5.11 Å². The standard InChI is InChI=1S/C17H19N3O/c1-2-6-15(21)12-13-7-5-8-14(11-13)20-17-10-4-3-9-16(17)18-19-20/h3-5,7-11,15,21H,2,6,12H2,1H3. The van der Waals surface area contributed by atoms with Gasteiger partial charge in [-0.25, -0.2) is 4.68 Å². The Morgan fingerprint density at radius 2 is 2.00 bits per heavy atom. The predicted octanol–water partition coefficient (Wildman–Crippen LogP) is 3.12. The van der Waals surface area contributed by atoms with Crippen molar-refractivity contribution in [3.8, 4) is 5.69 Å². The summed E-state index contributed by atoms with van der Waals surface area (Å²) < 4.78 is 1.84. The van der Waals surface area contributed by atoms with Crippen LogP contribution < -0.4 is 0 Å². The second-order valence-corrected chi connectivity index (χ2v) is 5.31. The highest BCUT2D eigenvalue weighted by molar-refractivity contribution is 5.75. The molecule has 1 N–H and O–H groups in total. The molecule has 0 spiro atoms. The van der Waals surface area contributed by atoms with Gasteiger partial charge >= 0.3 is 0 Å². The third-order valence-corrected chi connectivity index (χ3v) is 3.60. The number of para-hydroxylation sites is 1. The lowest BCUT2D eigenvalue weighted by Crippen LogP contribution is -2.10. The summed E-state index contributed by atoms with van der Waals surface area (Å²) in [4.78, 5) is 0. The van der Waals surface area contributed by atoms with Gasteiger partial charge in [-0.3, -0.25) is 0 Å². The molecule has 0 amide bonds. The van der Waals surface area contributed by atoms with E-state index in [-0.39, 0.29) is 6.10 Å². The molecule has 0 saturated heterocycles. The number of hydrogen-bond acceptors (Lipinski definition) is 3. The molecule has 3 rings (SSSR count). The largest absolute Gasteiger partial charge is 0.393 e. The van der Waals surface area contributed by atoms with E-state index < -0.39 is 0 Å². The monoisotopic (exact) mass is 281 g/mol. The lowest BCUT2D eigenvalue weighted by Gasteiger charge is -2.10. The van der Waals surface area contributed by atoms with Crippen molar-refractivity contribution in [3.63, 3.8) is 0 Å². The summed E-state index contributed by atoms with van der Waals surface area (Å²) in [5, 5.41) is 18.4. The molecule has 1 aromatic heterocycles. The number of aromatic nitrogens is 3. The van der Waals surface area contributed by atoms with Gasteiger partial charge in [-0.2, -0.15) is 0 Å². The van der Waals surface area contributed by atoms with Gasteiger partial charge in [0.25, 0.3) is 0 Å². The summed E-state index contributed by atoms with van der Waals surface area (Å²) in [6.07, 6.45) is 2.22. The van der Waals surface area contributed by atoms with E-state index in [1.54, 1.807) is 0 Å². The number of benzene rings is 2. The normalized spacial score (nSPS) is 12.7. The average molecular weight is 281 g/mol. The molecule has 1 unspecified atom stereocenters. The summed E-state index contributed by atoms with van der Waals surface area (Å²) in [5.41, 5.74) is 3.97. The van der Waals surface area contributed by atoms with E-state index in [1.807, 2.05) is 47.1 Å². The lowest BCUT2D eigenvalue weighted by molar-refractivity contribution is 0.164. The van der Waals surface area contributed by atoms with E-state index in [2.05, 4.69) is 23.3 Å². The third-order valence-electron chi connectivity index (χ3n) is 3.60. The molecule has 1 heterocycles. The number of aliphatic hydroxyl groups excluding tert-OH is 1. The van der Waals surface area contributed by atoms with Crippen LogP contribution in [0.15, 0.2) is 48.5 Å². The fourth-order valence-electron chi connectivity index (χ4n) is 2.58. The first-order chi connectivity index (χ1) is 10.3. The van der Waals surface area contributed by atoms with E-state index >= 15 is 0 Å². The second-order valence-electron chi connectivity index (χ2n) is 5.31. The van der Waals surface area contributed by atoms with E-state index in [0.717, 1.165) is 35.1 Å². The predicted molar refractivity (Wildman–Crippen MR) is 83.5 cm³/mol. The third kappa shape index (κ3) is 2.95. The molecule has 0 aliphatic rings. The Balaban J connectivity index is 1.92. The SMILES string of the molecule is CCCC(O)Cc1cccc(-n2nnc3ccccc32)c1. The van der Waals surface area contributed by atoms with E-state index in [9.17, 15) is 5.11 Å².